The molecule has 2 aromatic rings. The molecule has 154 valence electrons. The normalized spacial score (nSPS) is 19.1. The van der Waals surface area contributed by atoms with Gasteiger partial charge in [-0.05, 0) is 85.4 Å². The Bertz CT molecular complexity index is 851. The van der Waals surface area contributed by atoms with Crippen molar-refractivity contribution in [2.45, 2.75) is 38.5 Å². The van der Waals surface area contributed by atoms with Gasteiger partial charge in [-0.2, -0.15) is 0 Å². The lowest BCUT2D eigenvalue weighted by Crippen LogP contribution is -2.20. The van der Waals surface area contributed by atoms with Crippen molar-refractivity contribution in [3.05, 3.63) is 65.2 Å². The zero-order valence-electron chi connectivity index (χ0n) is 17.6. The number of rotatable bonds is 7. The van der Waals surface area contributed by atoms with E-state index in [0.717, 1.165) is 23.5 Å². The first kappa shape index (κ1) is 21.0. The first-order valence-electron chi connectivity index (χ1n) is 10.3. The number of aryl methyl sites for hydroxylation is 1. The number of hydrogen-bond donors (Lipinski definition) is 1. The van der Waals surface area contributed by atoms with Gasteiger partial charge in [0.25, 0.3) is 0 Å². The summed E-state index contributed by atoms with van der Waals surface area (Å²) in [5, 5.41) is 3.57. The average molecular weight is 394 g/mol. The van der Waals surface area contributed by atoms with Crippen LogP contribution in [0.15, 0.2) is 48.5 Å². The fourth-order valence-electron chi connectivity index (χ4n) is 4.10. The summed E-state index contributed by atoms with van der Waals surface area (Å²) in [5.41, 5.74) is 4.73. The van der Waals surface area contributed by atoms with Crippen LogP contribution in [0.25, 0.3) is 6.08 Å². The Morgan fingerprint density at radius 1 is 1.10 bits per heavy atom. The lowest BCUT2D eigenvalue weighted by Gasteiger charge is -2.29. The van der Waals surface area contributed by atoms with Crippen molar-refractivity contribution in [1.29, 1.82) is 0 Å². The third-order valence-corrected chi connectivity index (χ3v) is 5.83. The zero-order chi connectivity index (χ0) is 20.6. The van der Waals surface area contributed by atoms with Gasteiger partial charge in [-0.3, -0.25) is 0 Å². The molecule has 2 aromatic carbocycles. The van der Waals surface area contributed by atoms with Crippen LogP contribution in [0.5, 0.6) is 5.75 Å². The summed E-state index contributed by atoms with van der Waals surface area (Å²) in [6, 6.07) is 14.7. The van der Waals surface area contributed by atoms with Crippen LogP contribution in [0, 0.1) is 12.8 Å². The third kappa shape index (κ3) is 5.86. The van der Waals surface area contributed by atoms with Gasteiger partial charge in [0.1, 0.15) is 5.75 Å². The number of nitrogens with one attached hydrogen (secondary N) is 1. The van der Waals surface area contributed by atoms with E-state index in [0.29, 0.717) is 11.8 Å². The molecule has 1 aliphatic rings. The molecule has 3 rings (SSSR count). The Morgan fingerprint density at radius 2 is 1.90 bits per heavy atom. The Labute approximate surface area is 173 Å². The van der Waals surface area contributed by atoms with E-state index in [1.54, 1.807) is 13.2 Å². The summed E-state index contributed by atoms with van der Waals surface area (Å²) < 4.78 is 10.0. The molecule has 0 bridgehead atoms. The van der Waals surface area contributed by atoms with Gasteiger partial charge < -0.3 is 14.8 Å². The molecule has 0 heterocycles. The molecule has 0 amide bonds. The fourth-order valence-corrected chi connectivity index (χ4v) is 4.10. The molecule has 0 radical (unpaired) electrons. The van der Waals surface area contributed by atoms with Crippen molar-refractivity contribution < 1.29 is 14.3 Å². The minimum atomic E-state index is -0.341. The first-order chi connectivity index (χ1) is 14.1. The summed E-state index contributed by atoms with van der Waals surface area (Å²) >= 11 is 0. The maximum atomic E-state index is 11.3. The Hall–Kier alpha value is -2.75. The molecule has 0 unspecified atom stereocenters. The van der Waals surface area contributed by atoms with E-state index in [1.807, 2.05) is 12.1 Å². The average Bonchev–Trinajstić information content (AvgIpc) is 2.76. The quantitative estimate of drug-likeness (QED) is 0.493. The molecule has 1 fully saturated rings. The summed E-state index contributed by atoms with van der Waals surface area (Å²) in [5.74, 6) is 1.98. The largest absolute Gasteiger partial charge is 0.496 e. The van der Waals surface area contributed by atoms with Gasteiger partial charge in [-0.1, -0.05) is 24.3 Å². The number of anilines is 1. The van der Waals surface area contributed by atoms with E-state index in [-0.39, 0.29) is 5.97 Å². The van der Waals surface area contributed by atoms with Crippen LogP contribution >= 0.6 is 0 Å². The minimum absolute atomic E-state index is 0.341. The van der Waals surface area contributed by atoms with Gasteiger partial charge >= 0.3 is 5.97 Å². The van der Waals surface area contributed by atoms with Crippen molar-refractivity contribution in [3.63, 3.8) is 0 Å². The molecular formula is C25H31NO3. The number of ether oxygens (including phenoxy) is 2. The number of methoxy groups -OCH3 is 2. The van der Waals surface area contributed by atoms with Gasteiger partial charge in [0.15, 0.2) is 0 Å². The number of carbonyl (C=O) groups excluding carboxylic acids is 1. The molecule has 0 atom stereocenters. The topological polar surface area (TPSA) is 47.6 Å². The predicted molar refractivity (Wildman–Crippen MR) is 118 cm³/mol. The standard InChI is InChI=1S/C25H31NO3/c1-18-15-22(12-13-24(18)28-2)21-10-7-20(8-11-21)17-26-23-6-4-5-19(16-23)9-14-25(27)29-3/h4-6,9,12-16,20-21,26H,7-8,10-11,17H2,1-3H3/b14-9+/t20-,21-. The van der Waals surface area contributed by atoms with Crippen LogP contribution in [-0.2, 0) is 9.53 Å². The van der Waals surface area contributed by atoms with Gasteiger partial charge in [0.05, 0.1) is 14.2 Å². The van der Waals surface area contributed by atoms with Gasteiger partial charge in [0, 0.05) is 18.3 Å². The Morgan fingerprint density at radius 3 is 2.59 bits per heavy atom. The van der Waals surface area contributed by atoms with Gasteiger partial charge in [-0.15, -0.1) is 0 Å². The molecule has 0 saturated heterocycles. The molecule has 0 spiro atoms. The van der Waals surface area contributed by atoms with Crippen LogP contribution < -0.4 is 10.1 Å². The highest BCUT2D eigenvalue weighted by molar-refractivity contribution is 5.87. The number of esters is 1. The second kappa shape index (κ2) is 10.1. The second-order valence-corrected chi connectivity index (χ2v) is 7.81. The van der Waals surface area contributed by atoms with Crippen molar-refractivity contribution >= 4 is 17.7 Å². The Balaban J connectivity index is 1.49. The summed E-state index contributed by atoms with van der Waals surface area (Å²) in [6.07, 6.45) is 8.18. The summed E-state index contributed by atoms with van der Waals surface area (Å²) in [6.45, 7) is 3.10. The molecule has 0 aromatic heterocycles. The van der Waals surface area contributed by atoms with E-state index in [4.69, 9.17) is 4.74 Å². The van der Waals surface area contributed by atoms with Crippen LogP contribution in [0.2, 0.25) is 0 Å². The molecule has 1 aliphatic carbocycles. The maximum absolute atomic E-state index is 11.3. The SMILES string of the molecule is COC(=O)/C=C/c1cccc(NC[C@H]2CC[C@H](c3ccc(OC)c(C)c3)CC2)c1. The molecule has 1 N–H and O–H groups in total. The monoisotopic (exact) mass is 393 g/mol. The molecule has 4 nitrogen and oxygen atoms in total. The molecule has 1 saturated carbocycles. The minimum Gasteiger partial charge on any atom is -0.496 e. The second-order valence-electron chi connectivity index (χ2n) is 7.81. The van der Waals surface area contributed by atoms with Crippen molar-refractivity contribution in [2.75, 3.05) is 26.1 Å². The lowest BCUT2D eigenvalue weighted by molar-refractivity contribution is -0.134. The molecule has 0 aliphatic heterocycles. The summed E-state index contributed by atoms with van der Waals surface area (Å²) in [7, 11) is 3.11. The van der Waals surface area contributed by atoms with E-state index in [1.165, 1.54) is 50.0 Å². The summed E-state index contributed by atoms with van der Waals surface area (Å²) in [4.78, 5) is 11.3. The highest BCUT2D eigenvalue weighted by atomic mass is 16.5. The smallest absolute Gasteiger partial charge is 0.330 e. The number of benzene rings is 2. The number of hydrogen-bond acceptors (Lipinski definition) is 4. The highest BCUT2D eigenvalue weighted by Gasteiger charge is 2.22. The van der Waals surface area contributed by atoms with Gasteiger partial charge in [0.2, 0.25) is 0 Å². The van der Waals surface area contributed by atoms with Crippen LogP contribution in [0.4, 0.5) is 5.69 Å². The van der Waals surface area contributed by atoms with Crippen LogP contribution in [0.3, 0.4) is 0 Å². The predicted octanol–water partition coefficient (Wildman–Crippen LogP) is 5.58. The third-order valence-electron chi connectivity index (χ3n) is 5.83. The first-order valence-corrected chi connectivity index (χ1v) is 10.3. The maximum Gasteiger partial charge on any atom is 0.330 e. The van der Waals surface area contributed by atoms with Crippen molar-refractivity contribution in [2.24, 2.45) is 5.92 Å². The molecule has 29 heavy (non-hydrogen) atoms. The van der Waals surface area contributed by atoms with E-state index >= 15 is 0 Å². The van der Waals surface area contributed by atoms with E-state index < -0.39 is 0 Å². The molecule has 4 heteroatoms. The van der Waals surface area contributed by atoms with Crippen LogP contribution in [0.1, 0.15) is 48.3 Å². The lowest BCUT2D eigenvalue weighted by atomic mass is 9.78. The van der Waals surface area contributed by atoms with E-state index in [2.05, 4.69) is 47.3 Å². The van der Waals surface area contributed by atoms with Gasteiger partial charge in [-0.25, -0.2) is 4.79 Å². The van der Waals surface area contributed by atoms with Crippen molar-refractivity contribution in [1.82, 2.24) is 0 Å². The highest BCUT2D eigenvalue weighted by Crippen LogP contribution is 2.37. The Kier molecular flexibility index (Phi) is 7.34. The van der Waals surface area contributed by atoms with Crippen molar-refractivity contribution in [3.8, 4) is 5.75 Å². The number of carbonyl (C=O) groups is 1. The zero-order valence-corrected chi connectivity index (χ0v) is 17.6. The fraction of sp³-hybridized carbons (Fsp3) is 0.400. The van der Waals surface area contributed by atoms with E-state index in [9.17, 15) is 4.79 Å². The van der Waals surface area contributed by atoms with Crippen LogP contribution in [-0.4, -0.2) is 26.7 Å². The molecular weight excluding hydrogens is 362 g/mol.